The van der Waals surface area contributed by atoms with E-state index >= 15 is 0 Å². The van der Waals surface area contributed by atoms with Crippen LogP contribution in [0.5, 0.6) is 5.88 Å². The fourth-order valence-corrected chi connectivity index (χ4v) is 4.31. The predicted octanol–water partition coefficient (Wildman–Crippen LogP) is 3.81. The molecule has 2 aliphatic rings. The van der Waals surface area contributed by atoms with Crippen molar-refractivity contribution < 1.29 is 9.53 Å². The number of hydrogen-bond donors (Lipinski definition) is 0. The van der Waals surface area contributed by atoms with Crippen LogP contribution in [0.4, 0.5) is 0 Å². The summed E-state index contributed by atoms with van der Waals surface area (Å²) in [5.41, 5.74) is 1.92. The Kier molecular flexibility index (Phi) is 5.64. The number of rotatable bonds is 6. The van der Waals surface area contributed by atoms with Crippen LogP contribution in [0.15, 0.2) is 24.5 Å². The number of pyridine rings is 1. The molecule has 1 aliphatic heterocycles. The van der Waals surface area contributed by atoms with Crippen molar-refractivity contribution >= 4 is 5.91 Å². The van der Waals surface area contributed by atoms with Gasteiger partial charge in [0.2, 0.25) is 5.88 Å². The molecule has 2 aromatic heterocycles. The Morgan fingerprint density at radius 3 is 2.54 bits per heavy atom. The maximum absolute atomic E-state index is 12.7. The van der Waals surface area contributed by atoms with E-state index in [1.54, 1.807) is 25.4 Å². The molecule has 0 spiro atoms. The molecule has 6 heteroatoms. The third kappa shape index (κ3) is 3.91. The van der Waals surface area contributed by atoms with Gasteiger partial charge < -0.3 is 14.2 Å². The summed E-state index contributed by atoms with van der Waals surface area (Å²) in [6, 6.07) is 3.54. The number of piperidine rings is 1. The van der Waals surface area contributed by atoms with Crippen molar-refractivity contribution in [2.24, 2.45) is 5.92 Å². The second-order valence-corrected chi connectivity index (χ2v) is 8.15. The number of amides is 1. The zero-order valence-electron chi connectivity index (χ0n) is 16.9. The van der Waals surface area contributed by atoms with Crippen LogP contribution in [-0.2, 0) is 6.54 Å². The predicted molar refractivity (Wildman–Crippen MR) is 108 cm³/mol. The van der Waals surface area contributed by atoms with Crippen molar-refractivity contribution in [1.82, 2.24) is 19.4 Å². The van der Waals surface area contributed by atoms with Gasteiger partial charge in [0, 0.05) is 49.7 Å². The molecule has 6 nitrogen and oxygen atoms in total. The van der Waals surface area contributed by atoms with E-state index in [1.807, 2.05) is 11.1 Å². The summed E-state index contributed by atoms with van der Waals surface area (Å²) in [5, 5.41) is 0. The summed E-state index contributed by atoms with van der Waals surface area (Å²) < 4.78 is 7.50. The van der Waals surface area contributed by atoms with E-state index in [9.17, 15) is 4.79 Å². The Labute approximate surface area is 166 Å². The average Bonchev–Trinajstić information content (AvgIpc) is 3.05. The Hall–Kier alpha value is -2.37. The molecule has 1 saturated carbocycles. The zero-order valence-corrected chi connectivity index (χ0v) is 16.9. The molecule has 0 atom stereocenters. The van der Waals surface area contributed by atoms with Gasteiger partial charge in [-0.25, -0.2) is 9.97 Å². The van der Waals surface area contributed by atoms with Gasteiger partial charge in [-0.15, -0.1) is 0 Å². The number of aromatic nitrogens is 3. The van der Waals surface area contributed by atoms with E-state index in [1.165, 1.54) is 37.2 Å². The molecule has 150 valence electrons. The first-order valence-electron chi connectivity index (χ1n) is 10.5. The van der Waals surface area contributed by atoms with Crippen molar-refractivity contribution in [3.05, 3.63) is 41.6 Å². The molecule has 1 amide bonds. The first kappa shape index (κ1) is 19.0. The molecule has 0 bridgehead atoms. The van der Waals surface area contributed by atoms with Crippen molar-refractivity contribution in [3.63, 3.8) is 0 Å². The molecule has 0 aromatic carbocycles. The maximum Gasteiger partial charge on any atom is 0.255 e. The summed E-state index contributed by atoms with van der Waals surface area (Å²) >= 11 is 0. The molecule has 4 rings (SSSR count). The number of nitrogens with zero attached hydrogens (tertiary/aromatic N) is 4. The molecule has 1 aliphatic carbocycles. The van der Waals surface area contributed by atoms with Crippen LogP contribution < -0.4 is 4.74 Å². The first-order valence-corrected chi connectivity index (χ1v) is 10.5. The fraction of sp³-hybridized carbons (Fsp3) is 0.591. The van der Waals surface area contributed by atoms with E-state index in [2.05, 4.69) is 21.5 Å². The van der Waals surface area contributed by atoms with Gasteiger partial charge in [-0.1, -0.05) is 6.42 Å². The molecular formula is C22H30N4O2. The molecule has 0 N–H and O–H groups in total. The largest absolute Gasteiger partial charge is 0.481 e. The second kappa shape index (κ2) is 8.33. The lowest BCUT2D eigenvalue weighted by atomic mass is 9.84. The maximum atomic E-state index is 12.7. The smallest absolute Gasteiger partial charge is 0.255 e. The van der Waals surface area contributed by atoms with Crippen LogP contribution >= 0.6 is 0 Å². The second-order valence-electron chi connectivity index (χ2n) is 8.15. The van der Waals surface area contributed by atoms with Gasteiger partial charge in [0.25, 0.3) is 5.91 Å². The van der Waals surface area contributed by atoms with Gasteiger partial charge in [0.1, 0.15) is 5.82 Å². The molecule has 0 radical (unpaired) electrons. The van der Waals surface area contributed by atoms with Gasteiger partial charge >= 0.3 is 0 Å². The minimum absolute atomic E-state index is 0.0753. The van der Waals surface area contributed by atoms with Crippen LogP contribution in [0.3, 0.4) is 0 Å². The summed E-state index contributed by atoms with van der Waals surface area (Å²) in [6.07, 6.45) is 10.9. The van der Waals surface area contributed by atoms with Gasteiger partial charge in [-0.2, -0.15) is 0 Å². The molecule has 0 unspecified atom stereocenters. The normalized spacial score (nSPS) is 18.1. The highest BCUT2D eigenvalue weighted by molar-refractivity contribution is 5.94. The van der Waals surface area contributed by atoms with Gasteiger partial charge in [0.15, 0.2) is 0 Å². The molecular weight excluding hydrogens is 352 g/mol. The Bertz CT molecular complexity index is 802. The van der Waals surface area contributed by atoms with Crippen LogP contribution in [0.2, 0.25) is 0 Å². The van der Waals surface area contributed by atoms with E-state index in [0.29, 0.717) is 23.3 Å². The molecule has 3 heterocycles. The number of carbonyl (C=O) groups excluding carboxylic acids is 1. The van der Waals surface area contributed by atoms with Gasteiger partial charge in [0.05, 0.1) is 12.7 Å². The fourth-order valence-electron chi connectivity index (χ4n) is 4.31. The molecule has 2 aromatic rings. The van der Waals surface area contributed by atoms with Crippen LogP contribution in [0.25, 0.3) is 0 Å². The van der Waals surface area contributed by atoms with Crippen LogP contribution in [0, 0.1) is 12.8 Å². The first-order chi connectivity index (χ1) is 13.7. The van der Waals surface area contributed by atoms with Crippen LogP contribution in [-0.4, -0.2) is 45.5 Å². The minimum atomic E-state index is 0.0753. The highest BCUT2D eigenvalue weighted by Gasteiger charge is 2.27. The van der Waals surface area contributed by atoms with Crippen LogP contribution in [0.1, 0.15) is 66.3 Å². The highest BCUT2D eigenvalue weighted by Crippen LogP contribution is 2.36. The van der Waals surface area contributed by atoms with Crippen molar-refractivity contribution in [3.8, 4) is 5.88 Å². The number of likely N-dealkylation sites (tertiary alicyclic amines) is 1. The lowest BCUT2D eigenvalue weighted by Crippen LogP contribution is -2.38. The summed E-state index contributed by atoms with van der Waals surface area (Å²) in [7, 11) is 1.58. The van der Waals surface area contributed by atoms with E-state index in [4.69, 9.17) is 4.74 Å². The summed E-state index contributed by atoms with van der Waals surface area (Å²) in [4.78, 5) is 23.5. The zero-order chi connectivity index (χ0) is 19.5. The lowest BCUT2D eigenvalue weighted by Gasteiger charge is -2.32. The third-order valence-electron chi connectivity index (χ3n) is 6.41. The monoisotopic (exact) mass is 382 g/mol. The Morgan fingerprint density at radius 2 is 1.93 bits per heavy atom. The number of ether oxygens (including phenoxy) is 1. The van der Waals surface area contributed by atoms with Gasteiger partial charge in [-0.3, -0.25) is 4.79 Å². The van der Waals surface area contributed by atoms with Crippen molar-refractivity contribution in [1.29, 1.82) is 0 Å². The SMILES string of the molecule is COc1ccc(C(=O)N2CCC(CCn3c(C)cnc3C3CCC3)CC2)cn1. The third-order valence-corrected chi connectivity index (χ3v) is 6.41. The summed E-state index contributed by atoms with van der Waals surface area (Å²) in [6.45, 7) is 4.87. The van der Waals surface area contributed by atoms with Crippen molar-refractivity contribution in [2.75, 3.05) is 20.2 Å². The molecule has 2 fully saturated rings. The number of imidazole rings is 1. The standard InChI is InChI=1S/C22H30N4O2/c1-16-14-24-21(18-4-3-5-18)26(16)13-10-17-8-11-25(12-9-17)22(27)19-6-7-20(28-2)23-15-19/h6-7,14-15,17-18H,3-5,8-13H2,1-2H3. The molecule has 1 saturated heterocycles. The molecule has 28 heavy (non-hydrogen) atoms. The number of aryl methyl sites for hydroxylation is 1. The Morgan fingerprint density at radius 1 is 1.14 bits per heavy atom. The number of hydrogen-bond acceptors (Lipinski definition) is 4. The van der Waals surface area contributed by atoms with E-state index < -0.39 is 0 Å². The van der Waals surface area contributed by atoms with E-state index in [-0.39, 0.29) is 5.91 Å². The number of carbonyl (C=O) groups is 1. The van der Waals surface area contributed by atoms with Gasteiger partial charge in [-0.05, 0) is 51.0 Å². The Balaban J connectivity index is 1.28. The minimum Gasteiger partial charge on any atom is -0.481 e. The number of methoxy groups -OCH3 is 1. The average molecular weight is 383 g/mol. The van der Waals surface area contributed by atoms with E-state index in [0.717, 1.165) is 32.5 Å². The quantitative estimate of drug-likeness (QED) is 0.762. The van der Waals surface area contributed by atoms with Crippen molar-refractivity contribution in [2.45, 2.75) is 57.9 Å². The topological polar surface area (TPSA) is 60.2 Å². The summed E-state index contributed by atoms with van der Waals surface area (Å²) in [5.74, 6) is 3.25. The lowest BCUT2D eigenvalue weighted by molar-refractivity contribution is 0.0684. The highest BCUT2D eigenvalue weighted by atomic mass is 16.5.